The summed E-state index contributed by atoms with van der Waals surface area (Å²) in [6.07, 6.45) is 8.92. The van der Waals surface area contributed by atoms with Gasteiger partial charge in [0.05, 0.1) is 0 Å². The van der Waals surface area contributed by atoms with E-state index in [1.54, 1.807) is 0 Å². The van der Waals surface area contributed by atoms with Crippen molar-refractivity contribution in [3.8, 4) is 0 Å². The van der Waals surface area contributed by atoms with Gasteiger partial charge in [0, 0.05) is 47.6 Å². The second-order valence-electron chi connectivity index (χ2n) is 6.29. The van der Waals surface area contributed by atoms with E-state index >= 15 is 0 Å². The summed E-state index contributed by atoms with van der Waals surface area (Å²) in [5.41, 5.74) is 8.77. The van der Waals surface area contributed by atoms with Crippen molar-refractivity contribution >= 4 is 22.1 Å². The molecule has 0 spiro atoms. The highest BCUT2D eigenvalue weighted by Gasteiger charge is 2.31. The van der Waals surface area contributed by atoms with E-state index in [0.29, 0.717) is 5.41 Å². The van der Waals surface area contributed by atoms with Crippen molar-refractivity contribution in [2.24, 2.45) is 5.41 Å². The topological polar surface area (TPSA) is 42.1 Å². The van der Waals surface area contributed by atoms with Crippen molar-refractivity contribution in [3.63, 3.8) is 0 Å². The third-order valence-electron chi connectivity index (χ3n) is 5.49. The molecule has 1 aliphatic rings. The number of benzene rings is 1. The second-order valence-corrected chi connectivity index (χ2v) is 6.29. The molecule has 112 valence electrons. The molecule has 0 unspecified atom stereocenters. The van der Waals surface area contributed by atoms with Gasteiger partial charge in [-0.15, -0.1) is 0 Å². The van der Waals surface area contributed by atoms with Crippen LogP contribution in [0.3, 0.4) is 0 Å². The maximum atomic E-state index is 6.09. The molecule has 0 aliphatic carbocycles. The van der Waals surface area contributed by atoms with Crippen LogP contribution in [0, 0.1) is 5.41 Å². The summed E-state index contributed by atoms with van der Waals surface area (Å²) in [6.45, 7) is 6.94. The normalized spacial score (nSPS) is 18.1. The largest absolute Gasteiger partial charge is 0.398 e. The fourth-order valence-corrected chi connectivity index (χ4v) is 3.65. The lowest BCUT2D eigenvalue weighted by Crippen LogP contribution is -2.39. The van der Waals surface area contributed by atoms with Crippen LogP contribution in [-0.2, 0) is 0 Å². The smallest absolute Gasteiger partial charge is 0.0463 e. The minimum absolute atomic E-state index is 0.554. The zero-order valence-electron chi connectivity index (χ0n) is 13.1. The van der Waals surface area contributed by atoms with Crippen LogP contribution in [0.25, 0.3) is 10.8 Å². The Morgan fingerprint density at radius 3 is 2.48 bits per heavy atom. The molecule has 3 nitrogen and oxygen atoms in total. The molecule has 1 aromatic carbocycles. The summed E-state index contributed by atoms with van der Waals surface area (Å²) in [4.78, 5) is 6.80. The van der Waals surface area contributed by atoms with E-state index in [9.17, 15) is 0 Å². The molecule has 2 N–H and O–H groups in total. The van der Waals surface area contributed by atoms with Gasteiger partial charge < -0.3 is 10.6 Å². The SMILES string of the molecule is CCC1(CC)CCN(c2ccc(N)c3ccncc23)CC1. The summed E-state index contributed by atoms with van der Waals surface area (Å²) in [7, 11) is 0. The first-order valence-corrected chi connectivity index (χ1v) is 8.06. The number of rotatable bonds is 3. The number of fused-ring (bicyclic) bond motifs is 1. The molecule has 1 fully saturated rings. The van der Waals surface area contributed by atoms with Crippen LogP contribution in [0.1, 0.15) is 39.5 Å². The average molecular weight is 283 g/mol. The van der Waals surface area contributed by atoms with E-state index in [4.69, 9.17) is 5.73 Å². The third-order valence-corrected chi connectivity index (χ3v) is 5.49. The predicted molar refractivity (Wildman–Crippen MR) is 90.6 cm³/mol. The molecule has 3 rings (SSSR count). The lowest BCUT2D eigenvalue weighted by atomic mass is 9.74. The zero-order valence-corrected chi connectivity index (χ0v) is 13.1. The molecular formula is C18H25N3. The monoisotopic (exact) mass is 283 g/mol. The molecule has 1 aliphatic heterocycles. The number of hydrogen-bond donors (Lipinski definition) is 1. The van der Waals surface area contributed by atoms with Crippen LogP contribution in [0.15, 0.2) is 30.6 Å². The fourth-order valence-electron chi connectivity index (χ4n) is 3.65. The molecule has 0 atom stereocenters. The van der Waals surface area contributed by atoms with Gasteiger partial charge in [0.25, 0.3) is 0 Å². The first kappa shape index (κ1) is 14.2. The Balaban J connectivity index is 1.91. The van der Waals surface area contributed by atoms with Gasteiger partial charge in [0.1, 0.15) is 0 Å². The number of anilines is 2. The molecule has 0 amide bonds. The first-order valence-electron chi connectivity index (χ1n) is 8.06. The molecule has 0 bridgehead atoms. The Bertz CT molecular complexity index is 621. The van der Waals surface area contributed by atoms with E-state index in [2.05, 4.69) is 29.8 Å². The predicted octanol–water partition coefficient (Wildman–Crippen LogP) is 4.22. The number of aromatic nitrogens is 1. The Morgan fingerprint density at radius 2 is 1.81 bits per heavy atom. The summed E-state index contributed by atoms with van der Waals surface area (Å²) >= 11 is 0. The van der Waals surface area contributed by atoms with Gasteiger partial charge in [-0.3, -0.25) is 4.98 Å². The fraction of sp³-hybridized carbons (Fsp3) is 0.500. The molecule has 0 radical (unpaired) electrons. The Kier molecular flexibility index (Phi) is 3.75. The van der Waals surface area contributed by atoms with Gasteiger partial charge in [-0.2, -0.15) is 0 Å². The van der Waals surface area contributed by atoms with E-state index in [1.807, 2.05) is 24.5 Å². The maximum absolute atomic E-state index is 6.09. The summed E-state index contributed by atoms with van der Waals surface area (Å²) in [5, 5.41) is 2.29. The number of nitrogens with two attached hydrogens (primary N) is 1. The summed E-state index contributed by atoms with van der Waals surface area (Å²) < 4.78 is 0. The van der Waals surface area contributed by atoms with Crippen molar-refractivity contribution in [2.75, 3.05) is 23.7 Å². The molecule has 21 heavy (non-hydrogen) atoms. The zero-order chi connectivity index (χ0) is 14.9. The lowest BCUT2D eigenvalue weighted by Gasteiger charge is -2.42. The molecule has 2 heterocycles. The van der Waals surface area contributed by atoms with E-state index in [0.717, 1.165) is 24.2 Å². The van der Waals surface area contributed by atoms with E-state index in [-0.39, 0.29) is 0 Å². The van der Waals surface area contributed by atoms with Crippen LogP contribution in [-0.4, -0.2) is 18.1 Å². The minimum Gasteiger partial charge on any atom is -0.398 e. The van der Waals surface area contributed by atoms with Gasteiger partial charge in [-0.25, -0.2) is 0 Å². The van der Waals surface area contributed by atoms with Crippen molar-refractivity contribution in [2.45, 2.75) is 39.5 Å². The van der Waals surface area contributed by atoms with Crippen LogP contribution >= 0.6 is 0 Å². The van der Waals surface area contributed by atoms with Crippen molar-refractivity contribution in [1.29, 1.82) is 0 Å². The molecular weight excluding hydrogens is 258 g/mol. The maximum Gasteiger partial charge on any atom is 0.0463 e. The van der Waals surface area contributed by atoms with Crippen LogP contribution in [0.4, 0.5) is 11.4 Å². The molecule has 0 saturated carbocycles. The van der Waals surface area contributed by atoms with Crippen LogP contribution in [0.2, 0.25) is 0 Å². The van der Waals surface area contributed by atoms with Gasteiger partial charge in [-0.05, 0) is 36.5 Å². The van der Waals surface area contributed by atoms with Crippen LogP contribution < -0.4 is 10.6 Å². The molecule has 2 aromatic rings. The highest BCUT2D eigenvalue weighted by molar-refractivity contribution is 6.00. The first-order chi connectivity index (χ1) is 10.2. The number of nitrogen functional groups attached to an aromatic ring is 1. The second kappa shape index (κ2) is 5.55. The van der Waals surface area contributed by atoms with E-state index < -0.39 is 0 Å². The number of hydrogen-bond acceptors (Lipinski definition) is 3. The Labute approximate surface area is 127 Å². The minimum atomic E-state index is 0.554. The third kappa shape index (κ3) is 2.45. The van der Waals surface area contributed by atoms with E-state index in [1.165, 1.54) is 36.8 Å². The van der Waals surface area contributed by atoms with Gasteiger partial charge in [0.15, 0.2) is 0 Å². The van der Waals surface area contributed by atoms with Gasteiger partial charge in [-0.1, -0.05) is 26.7 Å². The highest BCUT2D eigenvalue weighted by atomic mass is 15.1. The highest BCUT2D eigenvalue weighted by Crippen LogP contribution is 2.40. The molecule has 1 aromatic heterocycles. The quantitative estimate of drug-likeness (QED) is 0.857. The van der Waals surface area contributed by atoms with Crippen molar-refractivity contribution in [3.05, 3.63) is 30.6 Å². The number of pyridine rings is 1. The number of piperidine rings is 1. The summed E-state index contributed by atoms with van der Waals surface area (Å²) in [6, 6.07) is 6.20. The average Bonchev–Trinajstić information content (AvgIpc) is 2.56. The van der Waals surface area contributed by atoms with Crippen LogP contribution in [0.5, 0.6) is 0 Å². The Morgan fingerprint density at radius 1 is 1.10 bits per heavy atom. The Hall–Kier alpha value is -1.77. The van der Waals surface area contributed by atoms with Gasteiger partial charge >= 0.3 is 0 Å². The van der Waals surface area contributed by atoms with Crippen molar-refractivity contribution < 1.29 is 0 Å². The van der Waals surface area contributed by atoms with Crippen molar-refractivity contribution in [1.82, 2.24) is 4.98 Å². The van der Waals surface area contributed by atoms with Gasteiger partial charge in [0.2, 0.25) is 0 Å². The molecule has 3 heteroatoms. The summed E-state index contributed by atoms with van der Waals surface area (Å²) in [5.74, 6) is 0. The lowest BCUT2D eigenvalue weighted by molar-refractivity contribution is 0.200. The molecule has 1 saturated heterocycles. The number of nitrogens with zero attached hydrogens (tertiary/aromatic N) is 2. The standard InChI is InChI=1S/C18H25N3/c1-3-18(4-2)8-11-21(12-9-18)17-6-5-16(19)14-7-10-20-13-15(14)17/h5-7,10,13H,3-4,8-9,11-12,19H2,1-2H3.